The zero-order chi connectivity index (χ0) is 12.5. The number of aromatic nitrogens is 1. The van der Waals surface area contributed by atoms with E-state index in [2.05, 4.69) is 17.1 Å². The van der Waals surface area contributed by atoms with E-state index in [0.717, 1.165) is 23.4 Å². The number of rotatable bonds is 3. The molecule has 0 unspecified atom stereocenters. The molecule has 1 aliphatic rings. The SMILES string of the molecule is COc1cccc(-c2ccc([C@@H]3C[C@H]3N)cn2)c1.Cl. The van der Waals surface area contributed by atoms with Gasteiger partial charge in [0.25, 0.3) is 0 Å². The van der Waals surface area contributed by atoms with Crippen molar-refractivity contribution in [2.24, 2.45) is 5.73 Å². The van der Waals surface area contributed by atoms with Gasteiger partial charge in [-0.15, -0.1) is 12.4 Å². The maximum atomic E-state index is 5.84. The third-order valence-corrected chi connectivity index (χ3v) is 3.42. The molecular formula is C15H17ClN2O. The Morgan fingerprint density at radius 3 is 2.63 bits per heavy atom. The van der Waals surface area contributed by atoms with Crippen molar-refractivity contribution in [3.05, 3.63) is 48.2 Å². The average Bonchev–Trinajstić information content (AvgIpc) is 3.16. The average molecular weight is 277 g/mol. The molecule has 0 spiro atoms. The van der Waals surface area contributed by atoms with Gasteiger partial charge in [0.2, 0.25) is 0 Å². The van der Waals surface area contributed by atoms with Crippen LogP contribution in [0, 0.1) is 0 Å². The Morgan fingerprint density at radius 2 is 2.05 bits per heavy atom. The van der Waals surface area contributed by atoms with Crippen molar-refractivity contribution >= 4 is 12.4 Å². The summed E-state index contributed by atoms with van der Waals surface area (Å²) >= 11 is 0. The number of nitrogens with zero attached hydrogens (tertiary/aromatic N) is 1. The monoisotopic (exact) mass is 276 g/mol. The molecule has 0 aliphatic heterocycles. The maximum absolute atomic E-state index is 5.84. The second-order valence-electron chi connectivity index (χ2n) is 4.71. The number of ether oxygens (including phenoxy) is 1. The Hall–Kier alpha value is -1.58. The lowest BCUT2D eigenvalue weighted by Gasteiger charge is -2.05. The van der Waals surface area contributed by atoms with Crippen molar-refractivity contribution < 1.29 is 4.74 Å². The van der Waals surface area contributed by atoms with Gasteiger partial charge in [0.05, 0.1) is 12.8 Å². The molecule has 3 nitrogen and oxygen atoms in total. The van der Waals surface area contributed by atoms with Crippen molar-refractivity contribution in [2.45, 2.75) is 18.4 Å². The number of methoxy groups -OCH3 is 1. The summed E-state index contributed by atoms with van der Waals surface area (Å²) in [5.41, 5.74) is 9.12. The van der Waals surface area contributed by atoms with Crippen LogP contribution >= 0.6 is 12.4 Å². The molecule has 2 aromatic rings. The van der Waals surface area contributed by atoms with E-state index in [-0.39, 0.29) is 12.4 Å². The van der Waals surface area contributed by atoms with Gasteiger partial charge in [0, 0.05) is 23.7 Å². The summed E-state index contributed by atoms with van der Waals surface area (Å²) in [7, 11) is 1.67. The van der Waals surface area contributed by atoms with Crippen LogP contribution in [-0.4, -0.2) is 18.1 Å². The minimum absolute atomic E-state index is 0. The highest BCUT2D eigenvalue weighted by molar-refractivity contribution is 5.85. The van der Waals surface area contributed by atoms with E-state index in [4.69, 9.17) is 10.5 Å². The van der Waals surface area contributed by atoms with E-state index in [1.54, 1.807) is 7.11 Å². The second kappa shape index (κ2) is 5.59. The maximum Gasteiger partial charge on any atom is 0.119 e. The number of hydrogen-bond donors (Lipinski definition) is 1. The van der Waals surface area contributed by atoms with Crippen molar-refractivity contribution in [1.29, 1.82) is 0 Å². The molecule has 2 atom stereocenters. The van der Waals surface area contributed by atoms with Gasteiger partial charge >= 0.3 is 0 Å². The van der Waals surface area contributed by atoms with Crippen molar-refractivity contribution in [3.8, 4) is 17.0 Å². The fraction of sp³-hybridized carbons (Fsp3) is 0.267. The zero-order valence-electron chi connectivity index (χ0n) is 10.7. The number of pyridine rings is 1. The number of hydrogen-bond acceptors (Lipinski definition) is 3. The first kappa shape index (κ1) is 13.8. The van der Waals surface area contributed by atoms with Crippen LogP contribution in [0.15, 0.2) is 42.6 Å². The van der Waals surface area contributed by atoms with Gasteiger partial charge in [-0.3, -0.25) is 4.98 Å². The van der Waals surface area contributed by atoms with Crippen LogP contribution in [0.3, 0.4) is 0 Å². The molecule has 3 rings (SSSR count). The molecule has 100 valence electrons. The van der Waals surface area contributed by atoms with Crippen LogP contribution < -0.4 is 10.5 Å². The molecule has 19 heavy (non-hydrogen) atoms. The Kier molecular flexibility index (Phi) is 4.08. The highest BCUT2D eigenvalue weighted by Gasteiger charge is 2.34. The van der Waals surface area contributed by atoms with Crippen LogP contribution in [0.5, 0.6) is 5.75 Å². The summed E-state index contributed by atoms with van der Waals surface area (Å²) in [6, 6.07) is 12.4. The molecule has 1 heterocycles. The van der Waals surface area contributed by atoms with E-state index >= 15 is 0 Å². The largest absolute Gasteiger partial charge is 0.497 e. The summed E-state index contributed by atoms with van der Waals surface area (Å²) < 4.78 is 5.22. The van der Waals surface area contributed by atoms with Crippen molar-refractivity contribution in [3.63, 3.8) is 0 Å². The molecule has 1 fully saturated rings. The zero-order valence-corrected chi connectivity index (χ0v) is 11.6. The van der Waals surface area contributed by atoms with E-state index in [1.807, 2.05) is 30.5 Å². The minimum atomic E-state index is 0. The molecule has 2 N–H and O–H groups in total. The van der Waals surface area contributed by atoms with E-state index in [1.165, 1.54) is 5.56 Å². The lowest BCUT2D eigenvalue weighted by molar-refractivity contribution is 0.415. The van der Waals surface area contributed by atoms with Gasteiger partial charge in [-0.25, -0.2) is 0 Å². The first-order chi connectivity index (χ1) is 8.78. The predicted octanol–water partition coefficient (Wildman–Crippen LogP) is 2.99. The smallest absolute Gasteiger partial charge is 0.119 e. The van der Waals surface area contributed by atoms with Gasteiger partial charge in [-0.1, -0.05) is 18.2 Å². The van der Waals surface area contributed by atoms with Gasteiger partial charge in [-0.2, -0.15) is 0 Å². The van der Waals surface area contributed by atoms with Gasteiger partial charge in [0.15, 0.2) is 0 Å². The highest BCUT2D eigenvalue weighted by atomic mass is 35.5. The fourth-order valence-electron chi connectivity index (χ4n) is 2.18. The standard InChI is InChI=1S/C15H16N2O.ClH/c1-18-12-4-2-3-10(7-12)15-6-5-11(9-17-15)13-8-14(13)16;/h2-7,9,13-14H,8,16H2,1H3;1H/t13-,14+;/m0./s1. The molecule has 0 bridgehead atoms. The third kappa shape index (κ3) is 2.88. The summed E-state index contributed by atoms with van der Waals surface area (Å²) in [4.78, 5) is 4.51. The van der Waals surface area contributed by atoms with Gasteiger partial charge in [-0.05, 0) is 30.2 Å². The molecule has 1 aliphatic carbocycles. The highest BCUT2D eigenvalue weighted by Crippen LogP contribution is 2.38. The Bertz CT molecular complexity index is 556. The third-order valence-electron chi connectivity index (χ3n) is 3.42. The molecule has 0 saturated heterocycles. The Balaban J connectivity index is 0.00000133. The lowest BCUT2D eigenvalue weighted by atomic mass is 10.1. The number of benzene rings is 1. The molecule has 4 heteroatoms. The van der Waals surface area contributed by atoms with Crippen molar-refractivity contribution in [2.75, 3.05) is 7.11 Å². The predicted molar refractivity (Wildman–Crippen MR) is 78.8 cm³/mol. The quantitative estimate of drug-likeness (QED) is 0.937. The molecule has 1 aromatic carbocycles. The molecule has 0 radical (unpaired) electrons. The number of nitrogens with two attached hydrogens (primary N) is 1. The van der Waals surface area contributed by atoms with Gasteiger partial charge in [0.1, 0.15) is 5.75 Å². The summed E-state index contributed by atoms with van der Waals surface area (Å²) in [6.45, 7) is 0. The van der Waals surface area contributed by atoms with Crippen LogP contribution in [0.2, 0.25) is 0 Å². The van der Waals surface area contributed by atoms with Crippen molar-refractivity contribution in [1.82, 2.24) is 4.98 Å². The lowest BCUT2D eigenvalue weighted by Crippen LogP contribution is -2.01. The fourth-order valence-corrected chi connectivity index (χ4v) is 2.18. The topological polar surface area (TPSA) is 48.1 Å². The number of halogens is 1. The van der Waals surface area contributed by atoms with Crippen LogP contribution in [0.4, 0.5) is 0 Å². The summed E-state index contributed by atoms with van der Waals surface area (Å²) in [5.74, 6) is 1.36. The molecular weight excluding hydrogens is 260 g/mol. The van der Waals surface area contributed by atoms with Crippen LogP contribution in [-0.2, 0) is 0 Å². The first-order valence-corrected chi connectivity index (χ1v) is 6.14. The van der Waals surface area contributed by atoms with Crippen LogP contribution in [0.1, 0.15) is 17.9 Å². The normalized spacial score (nSPS) is 20.5. The van der Waals surface area contributed by atoms with Crippen LogP contribution in [0.25, 0.3) is 11.3 Å². The van der Waals surface area contributed by atoms with E-state index in [0.29, 0.717) is 12.0 Å². The van der Waals surface area contributed by atoms with Gasteiger partial charge < -0.3 is 10.5 Å². The summed E-state index contributed by atoms with van der Waals surface area (Å²) in [5, 5.41) is 0. The summed E-state index contributed by atoms with van der Waals surface area (Å²) in [6.07, 6.45) is 3.02. The Labute approximate surface area is 119 Å². The molecule has 1 aromatic heterocycles. The Morgan fingerprint density at radius 1 is 1.26 bits per heavy atom. The van der Waals surface area contributed by atoms with E-state index in [9.17, 15) is 0 Å². The minimum Gasteiger partial charge on any atom is -0.497 e. The first-order valence-electron chi connectivity index (χ1n) is 6.14. The molecule has 1 saturated carbocycles. The van der Waals surface area contributed by atoms with E-state index < -0.39 is 0 Å². The molecule has 0 amide bonds. The second-order valence-corrected chi connectivity index (χ2v) is 4.71.